The lowest BCUT2D eigenvalue weighted by atomic mass is 10.1. The van der Waals surface area contributed by atoms with E-state index in [-0.39, 0.29) is 5.54 Å². The van der Waals surface area contributed by atoms with Crippen LogP contribution in [0.3, 0.4) is 0 Å². The molecule has 0 aromatic carbocycles. The fourth-order valence-electron chi connectivity index (χ4n) is 5.45. The van der Waals surface area contributed by atoms with E-state index in [1.807, 2.05) is 0 Å². The predicted molar refractivity (Wildman–Crippen MR) is 202 cm³/mol. The number of nitrogens with zero attached hydrogens (tertiary/aromatic N) is 14. The molecule has 0 N–H and O–H groups in total. The Labute approximate surface area is 274 Å². The van der Waals surface area contributed by atoms with Crippen LogP contribution in [0.25, 0.3) is 0 Å². The molecule has 0 amide bonds. The number of hydrogen-bond acceptors (Lipinski definition) is 2. The van der Waals surface area contributed by atoms with Gasteiger partial charge in [0.25, 0.3) is 0 Å². The average molecular weight is 705 g/mol. The highest BCUT2D eigenvalue weighted by atomic mass is 31.2. The van der Waals surface area contributed by atoms with Gasteiger partial charge in [-0.3, -0.25) is 32.8 Å². The Hall–Kier alpha value is 0.520. The van der Waals surface area contributed by atoms with Crippen molar-refractivity contribution in [3.05, 3.63) is 0 Å². The second-order valence-electron chi connectivity index (χ2n) is 13.6. The summed E-state index contributed by atoms with van der Waals surface area (Å²) >= 11 is 0. The van der Waals surface area contributed by atoms with Crippen LogP contribution < -0.4 is 0 Å². The van der Waals surface area contributed by atoms with Crippen molar-refractivity contribution in [2.75, 3.05) is 146 Å². The SMILES string of the molecule is CCN=P(N=P(N(C)C)(N(C)C)N(C)C)(N(C)C)N(C)CCN(C)P(=NC(C)(C)C)(N=P(N(C)C)(N(C)C)N(C)C)N(C)C. The van der Waals surface area contributed by atoms with Gasteiger partial charge in [-0.05, 0) is 155 Å². The van der Waals surface area contributed by atoms with Crippen molar-refractivity contribution >= 4 is 30.0 Å². The van der Waals surface area contributed by atoms with E-state index in [1.165, 1.54) is 0 Å². The molecule has 0 aliphatic heterocycles. The highest BCUT2D eigenvalue weighted by molar-refractivity contribution is 7.71. The first-order chi connectivity index (χ1) is 19.8. The molecule has 18 heteroatoms. The number of hydrogen-bond donors (Lipinski definition) is 0. The Balaban J connectivity index is 7.62. The van der Waals surface area contributed by atoms with Crippen LogP contribution >= 0.6 is 30.0 Å². The summed E-state index contributed by atoms with van der Waals surface area (Å²) in [6.45, 7) is 10.8. The van der Waals surface area contributed by atoms with Crippen LogP contribution in [0.1, 0.15) is 27.7 Å². The molecule has 0 bridgehead atoms. The molecule has 0 aliphatic carbocycles. The Morgan fingerprint density at radius 2 is 0.705 bits per heavy atom. The van der Waals surface area contributed by atoms with E-state index in [2.05, 4.69) is 201 Å². The first-order valence-electron chi connectivity index (χ1n) is 15.1. The zero-order valence-corrected chi connectivity index (χ0v) is 36.2. The van der Waals surface area contributed by atoms with E-state index in [9.17, 15) is 0 Å². The van der Waals surface area contributed by atoms with Crippen LogP contribution in [-0.4, -0.2) is 199 Å². The van der Waals surface area contributed by atoms with E-state index >= 15 is 0 Å². The van der Waals surface area contributed by atoms with E-state index in [0.29, 0.717) is 6.54 Å². The lowest BCUT2D eigenvalue weighted by Gasteiger charge is -2.47. The van der Waals surface area contributed by atoms with E-state index in [0.717, 1.165) is 13.1 Å². The van der Waals surface area contributed by atoms with Gasteiger partial charge in [-0.2, -0.15) is 9.03 Å². The van der Waals surface area contributed by atoms with Crippen molar-refractivity contribution in [3.63, 3.8) is 0 Å². The molecular formula is C26H72N14P4. The van der Waals surface area contributed by atoms with Crippen LogP contribution in [0.15, 0.2) is 18.5 Å². The highest BCUT2D eigenvalue weighted by Crippen LogP contribution is 2.70. The van der Waals surface area contributed by atoms with Crippen molar-refractivity contribution in [2.24, 2.45) is 18.5 Å². The Morgan fingerprint density at radius 3 is 0.932 bits per heavy atom. The van der Waals surface area contributed by atoms with Gasteiger partial charge in [0.1, 0.15) is 0 Å². The first-order valence-corrected chi connectivity index (χ1v) is 21.5. The summed E-state index contributed by atoms with van der Waals surface area (Å²) in [6.07, 6.45) is 0. The second-order valence-corrected chi connectivity index (χ2v) is 27.6. The van der Waals surface area contributed by atoms with Gasteiger partial charge < -0.3 is 0 Å². The van der Waals surface area contributed by atoms with Gasteiger partial charge in [0.2, 0.25) is 15.0 Å². The molecule has 0 spiro atoms. The Kier molecular flexibility index (Phi) is 17.5. The molecule has 0 saturated carbocycles. The summed E-state index contributed by atoms with van der Waals surface area (Å²) in [4.78, 5) is 0. The molecule has 0 aliphatic rings. The van der Waals surface area contributed by atoms with Crippen LogP contribution in [0.2, 0.25) is 0 Å². The van der Waals surface area contributed by atoms with E-state index in [4.69, 9.17) is 18.5 Å². The van der Waals surface area contributed by atoms with Crippen LogP contribution in [0, 0.1) is 0 Å². The summed E-state index contributed by atoms with van der Waals surface area (Å²) in [6, 6.07) is 0. The molecule has 0 radical (unpaired) electrons. The fraction of sp³-hybridized carbons (Fsp3) is 1.00. The molecular weight excluding hydrogens is 632 g/mol. The van der Waals surface area contributed by atoms with Gasteiger partial charge in [-0.1, -0.05) is 0 Å². The zero-order chi connectivity index (χ0) is 35.2. The van der Waals surface area contributed by atoms with Gasteiger partial charge >= 0.3 is 0 Å². The third kappa shape index (κ3) is 9.57. The largest absolute Gasteiger partial charge is 0.255 e. The number of likely N-dealkylation sites (N-methyl/N-ethyl adjacent to an activating group) is 2. The normalized spacial score (nSPS) is 16.8. The minimum absolute atomic E-state index is 0.289. The molecule has 0 heterocycles. The predicted octanol–water partition coefficient (Wildman–Crippen LogP) is 5.95. The maximum atomic E-state index is 5.87. The number of rotatable bonds is 16. The van der Waals surface area contributed by atoms with Crippen LogP contribution in [0.5, 0.6) is 0 Å². The lowest BCUT2D eigenvalue weighted by Crippen LogP contribution is -2.36. The molecule has 14 nitrogen and oxygen atoms in total. The van der Waals surface area contributed by atoms with Gasteiger partial charge in [-0.15, -0.1) is 0 Å². The summed E-state index contributed by atoms with van der Waals surface area (Å²) in [5, 5.41) is 0. The Bertz CT molecular complexity index is 1060. The minimum atomic E-state index is -2.57. The second kappa shape index (κ2) is 17.3. The van der Waals surface area contributed by atoms with Crippen LogP contribution in [-0.2, 0) is 0 Å². The van der Waals surface area contributed by atoms with Crippen molar-refractivity contribution in [1.82, 2.24) is 46.7 Å². The van der Waals surface area contributed by atoms with Gasteiger partial charge in [-0.25, -0.2) is 23.4 Å². The maximum absolute atomic E-state index is 5.87. The van der Waals surface area contributed by atoms with Gasteiger partial charge in [0.05, 0.1) is 5.54 Å². The fourth-order valence-corrected chi connectivity index (χ4v) is 22.8. The van der Waals surface area contributed by atoms with E-state index < -0.39 is 30.0 Å². The third-order valence-electron chi connectivity index (χ3n) is 7.20. The molecule has 0 fully saturated rings. The van der Waals surface area contributed by atoms with Crippen molar-refractivity contribution in [1.29, 1.82) is 0 Å². The van der Waals surface area contributed by atoms with Gasteiger partial charge in [0, 0.05) is 19.6 Å². The average Bonchev–Trinajstić information content (AvgIpc) is 2.84. The molecule has 0 aromatic rings. The quantitative estimate of drug-likeness (QED) is 0.180. The van der Waals surface area contributed by atoms with Crippen LogP contribution in [0.4, 0.5) is 0 Å². The standard InChI is InChI=1S/C26H72N14P4/c1-23-27-41(31(5)6,29-43(33(9)10,34(11)12)35(13)14)39(21)24-25-40(22)42(32(7)8,28-26(2,3)4)30-44(36(15)16,37(17)18)38(19)20/h23-25H2,1-22H3. The third-order valence-corrected chi connectivity index (χ3v) is 23.4. The van der Waals surface area contributed by atoms with E-state index in [1.54, 1.807) is 0 Å². The summed E-state index contributed by atoms with van der Waals surface area (Å²) in [5.74, 6) is 0. The molecule has 0 saturated heterocycles. The molecule has 2 unspecified atom stereocenters. The zero-order valence-electron chi connectivity index (χ0n) is 32.7. The Morgan fingerprint density at radius 1 is 0.432 bits per heavy atom. The molecule has 0 aromatic heterocycles. The highest BCUT2D eigenvalue weighted by Gasteiger charge is 2.40. The molecule has 0 rings (SSSR count). The monoisotopic (exact) mass is 705 g/mol. The first kappa shape index (κ1) is 44.5. The van der Waals surface area contributed by atoms with Crippen molar-refractivity contribution < 1.29 is 0 Å². The van der Waals surface area contributed by atoms with Crippen molar-refractivity contribution in [2.45, 2.75) is 33.2 Å². The van der Waals surface area contributed by atoms with Crippen molar-refractivity contribution in [3.8, 4) is 0 Å². The molecule has 266 valence electrons. The molecule has 44 heavy (non-hydrogen) atoms. The smallest absolute Gasteiger partial charge is 0.213 e. The maximum Gasteiger partial charge on any atom is 0.213 e. The lowest BCUT2D eigenvalue weighted by molar-refractivity contribution is 0.406. The molecule has 2 atom stereocenters. The summed E-state index contributed by atoms with van der Waals surface area (Å²) in [5.41, 5.74) is -0.289. The summed E-state index contributed by atoms with van der Waals surface area (Å²) < 4.78 is 45.5. The summed E-state index contributed by atoms with van der Waals surface area (Å²) in [7, 11) is 28.9. The topological polar surface area (TPSA) is 81.8 Å². The van der Waals surface area contributed by atoms with Gasteiger partial charge in [0.15, 0.2) is 15.0 Å². The minimum Gasteiger partial charge on any atom is -0.255 e.